The third kappa shape index (κ3) is 5.04. The molecule has 0 unspecified atom stereocenters. The van der Waals surface area contributed by atoms with Crippen molar-refractivity contribution in [3.63, 3.8) is 0 Å². The maximum atomic E-state index is 11.8. The molecule has 0 saturated carbocycles. The lowest BCUT2D eigenvalue weighted by molar-refractivity contribution is 0.0592. The SMILES string of the molecule is COC(=O)c1ccc2cc(Oc3cc(C)c(Oc4ccc5cc(C(=O)OC)ccc5c4)nn3)ccc2c1. The molecule has 0 aliphatic carbocycles. The zero-order valence-corrected chi connectivity index (χ0v) is 20.3. The van der Waals surface area contributed by atoms with Crippen molar-refractivity contribution in [3.8, 4) is 23.3 Å². The van der Waals surface area contributed by atoms with E-state index in [0.717, 1.165) is 27.1 Å². The highest BCUT2D eigenvalue weighted by atomic mass is 16.5. The quantitative estimate of drug-likeness (QED) is 0.256. The van der Waals surface area contributed by atoms with Crippen LogP contribution < -0.4 is 9.47 Å². The van der Waals surface area contributed by atoms with Crippen molar-refractivity contribution in [2.45, 2.75) is 6.92 Å². The predicted octanol–water partition coefficient (Wildman–Crippen LogP) is 6.25. The number of fused-ring (bicyclic) bond motifs is 2. The van der Waals surface area contributed by atoms with Crippen molar-refractivity contribution in [2.75, 3.05) is 14.2 Å². The van der Waals surface area contributed by atoms with Gasteiger partial charge in [0.25, 0.3) is 0 Å². The van der Waals surface area contributed by atoms with E-state index < -0.39 is 0 Å². The van der Waals surface area contributed by atoms with Crippen LogP contribution in [0.1, 0.15) is 26.3 Å². The summed E-state index contributed by atoms with van der Waals surface area (Å²) in [5.41, 5.74) is 1.71. The number of benzene rings is 4. The Balaban J connectivity index is 1.32. The number of rotatable bonds is 6. The van der Waals surface area contributed by atoms with Crippen LogP contribution in [0.3, 0.4) is 0 Å². The monoisotopic (exact) mass is 494 g/mol. The molecule has 0 fully saturated rings. The molecular formula is C29H22N2O6. The third-order valence-electron chi connectivity index (χ3n) is 5.82. The van der Waals surface area contributed by atoms with Crippen LogP contribution in [0.15, 0.2) is 78.9 Å². The van der Waals surface area contributed by atoms with E-state index >= 15 is 0 Å². The van der Waals surface area contributed by atoms with Crippen LogP contribution in [-0.4, -0.2) is 36.4 Å². The first-order chi connectivity index (χ1) is 17.9. The van der Waals surface area contributed by atoms with Gasteiger partial charge in [-0.1, -0.05) is 24.3 Å². The van der Waals surface area contributed by atoms with E-state index in [4.69, 9.17) is 18.9 Å². The minimum Gasteiger partial charge on any atom is -0.465 e. The summed E-state index contributed by atoms with van der Waals surface area (Å²) in [4.78, 5) is 23.5. The van der Waals surface area contributed by atoms with Crippen molar-refractivity contribution in [1.29, 1.82) is 0 Å². The van der Waals surface area contributed by atoms with Gasteiger partial charge in [-0.25, -0.2) is 9.59 Å². The van der Waals surface area contributed by atoms with Crippen molar-refractivity contribution >= 4 is 33.5 Å². The standard InChI is InChI=1S/C29H22N2O6/c1-17-12-26(36-24-10-8-18-13-22(28(32)34-2)6-4-20(18)15-24)30-31-27(17)37-25-11-9-19-14-23(29(33)35-3)7-5-21(19)16-25/h4-16H,1-3H3. The number of hydrogen-bond donors (Lipinski definition) is 0. The fraction of sp³-hybridized carbons (Fsp3) is 0.103. The summed E-state index contributed by atoms with van der Waals surface area (Å²) in [6.45, 7) is 1.86. The van der Waals surface area contributed by atoms with Gasteiger partial charge in [-0.15, -0.1) is 10.2 Å². The van der Waals surface area contributed by atoms with Crippen LogP contribution in [-0.2, 0) is 9.47 Å². The highest BCUT2D eigenvalue weighted by molar-refractivity contribution is 5.96. The van der Waals surface area contributed by atoms with Crippen LogP contribution in [0.4, 0.5) is 0 Å². The van der Waals surface area contributed by atoms with Crippen LogP contribution in [0.2, 0.25) is 0 Å². The van der Waals surface area contributed by atoms with Gasteiger partial charge in [0.2, 0.25) is 11.8 Å². The van der Waals surface area contributed by atoms with E-state index in [-0.39, 0.29) is 11.9 Å². The number of carbonyl (C=O) groups excluding carboxylic acids is 2. The second kappa shape index (κ2) is 9.94. The van der Waals surface area contributed by atoms with Gasteiger partial charge in [-0.05, 0) is 77.0 Å². The average molecular weight is 495 g/mol. The fourth-order valence-corrected chi connectivity index (χ4v) is 3.90. The zero-order valence-electron chi connectivity index (χ0n) is 20.3. The number of ether oxygens (including phenoxy) is 4. The molecule has 0 aliphatic heterocycles. The van der Waals surface area contributed by atoms with E-state index in [2.05, 4.69) is 10.2 Å². The Hall–Kier alpha value is -4.98. The Morgan fingerprint density at radius 3 is 1.59 bits per heavy atom. The van der Waals surface area contributed by atoms with Gasteiger partial charge in [0.15, 0.2) is 0 Å². The maximum Gasteiger partial charge on any atom is 0.337 e. The number of nitrogens with zero attached hydrogens (tertiary/aromatic N) is 2. The van der Waals surface area contributed by atoms with E-state index in [1.807, 2.05) is 43.3 Å². The number of methoxy groups -OCH3 is 2. The topological polar surface area (TPSA) is 96.8 Å². The highest BCUT2D eigenvalue weighted by Gasteiger charge is 2.11. The molecule has 4 aromatic carbocycles. The minimum atomic E-state index is -0.383. The minimum absolute atomic E-state index is 0.323. The van der Waals surface area contributed by atoms with Gasteiger partial charge in [-0.2, -0.15) is 0 Å². The van der Waals surface area contributed by atoms with E-state index in [1.54, 1.807) is 42.5 Å². The van der Waals surface area contributed by atoms with Crippen LogP contribution in [0.5, 0.6) is 23.3 Å². The smallest absolute Gasteiger partial charge is 0.337 e. The molecule has 1 aromatic heterocycles. The first-order valence-corrected chi connectivity index (χ1v) is 11.4. The third-order valence-corrected chi connectivity index (χ3v) is 5.82. The lowest BCUT2D eigenvalue weighted by Crippen LogP contribution is -2.00. The zero-order chi connectivity index (χ0) is 25.9. The Labute approximate surface area is 212 Å². The van der Waals surface area contributed by atoms with E-state index in [1.165, 1.54) is 14.2 Å². The van der Waals surface area contributed by atoms with Crippen LogP contribution in [0, 0.1) is 6.92 Å². The summed E-state index contributed by atoms with van der Waals surface area (Å²) < 4.78 is 21.4. The Bertz CT molecular complexity index is 1660. The molecule has 37 heavy (non-hydrogen) atoms. The first-order valence-electron chi connectivity index (χ1n) is 11.4. The van der Waals surface area contributed by atoms with E-state index in [0.29, 0.717) is 34.4 Å². The molecular weight excluding hydrogens is 472 g/mol. The van der Waals surface area contributed by atoms with Gasteiger partial charge in [0.1, 0.15) is 11.5 Å². The largest absolute Gasteiger partial charge is 0.465 e. The summed E-state index contributed by atoms with van der Waals surface area (Å²) in [6, 6.07) is 23.4. The number of hydrogen-bond acceptors (Lipinski definition) is 8. The molecule has 1 heterocycles. The first kappa shape index (κ1) is 23.7. The summed E-state index contributed by atoms with van der Waals surface area (Å²) in [7, 11) is 2.71. The Morgan fingerprint density at radius 2 is 1.08 bits per heavy atom. The van der Waals surface area contributed by atoms with Gasteiger partial charge >= 0.3 is 11.9 Å². The average Bonchev–Trinajstić information content (AvgIpc) is 2.93. The summed E-state index contributed by atoms with van der Waals surface area (Å²) in [6.07, 6.45) is 0. The van der Waals surface area contributed by atoms with Gasteiger partial charge in [0.05, 0.1) is 25.3 Å². The maximum absolute atomic E-state index is 11.8. The van der Waals surface area contributed by atoms with Gasteiger partial charge < -0.3 is 18.9 Å². The molecule has 0 atom stereocenters. The molecule has 8 nitrogen and oxygen atoms in total. The van der Waals surface area contributed by atoms with Gasteiger partial charge in [-0.3, -0.25) is 0 Å². The number of esters is 2. The summed E-state index contributed by atoms with van der Waals surface area (Å²) >= 11 is 0. The lowest BCUT2D eigenvalue weighted by atomic mass is 10.1. The summed E-state index contributed by atoms with van der Waals surface area (Å²) in [5.74, 6) is 1.08. The number of aromatic nitrogens is 2. The predicted molar refractivity (Wildman–Crippen MR) is 137 cm³/mol. The molecule has 8 heteroatoms. The molecule has 0 N–H and O–H groups in total. The molecule has 0 amide bonds. The molecule has 5 aromatic rings. The van der Waals surface area contributed by atoms with Crippen molar-refractivity contribution in [2.24, 2.45) is 0 Å². The molecule has 0 bridgehead atoms. The fourth-order valence-electron chi connectivity index (χ4n) is 3.90. The Kier molecular flexibility index (Phi) is 6.38. The lowest BCUT2D eigenvalue weighted by Gasteiger charge is -2.10. The highest BCUT2D eigenvalue weighted by Crippen LogP contribution is 2.30. The Morgan fingerprint density at radius 1 is 0.595 bits per heavy atom. The van der Waals surface area contributed by atoms with E-state index in [9.17, 15) is 9.59 Å². The van der Waals surface area contributed by atoms with Crippen molar-refractivity contribution in [3.05, 3.63) is 95.6 Å². The number of carbonyl (C=O) groups is 2. The normalized spacial score (nSPS) is 10.8. The number of aryl methyl sites for hydroxylation is 1. The second-order valence-electron chi connectivity index (χ2n) is 8.31. The van der Waals surface area contributed by atoms with Crippen LogP contribution in [0.25, 0.3) is 21.5 Å². The molecule has 5 rings (SSSR count). The van der Waals surface area contributed by atoms with Gasteiger partial charge in [0, 0.05) is 11.6 Å². The molecule has 184 valence electrons. The molecule has 0 radical (unpaired) electrons. The van der Waals surface area contributed by atoms with Crippen molar-refractivity contribution in [1.82, 2.24) is 10.2 Å². The molecule has 0 saturated heterocycles. The molecule has 0 aliphatic rings. The summed E-state index contributed by atoms with van der Waals surface area (Å²) in [5, 5.41) is 11.9. The van der Waals surface area contributed by atoms with Crippen molar-refractivity contribution < 1.29 is 28.5 Å². The van der Waals surface area contributed by atoms with Crippen LogP contribution >= 0.6 is 0 Å². The molecule has 0 spiro atoms. The second-order valence-corrected chi connectivity index (χ2v) is 8.31.